The molecule has 0 unspecified atom stereocenters. The average Bonchev–Trinajstić information content (AvgIpc) is 3.13. The van der Waals surface area contributed by atoms with Crippen molar-refractivity contribution >= 4 is 27.4 Å². The highest BCUT2D eigenvalue weighted by atomic mass is 32.1. The Balaban J connectivity index is 1.90. The summed E-state index contributed by atoms with van der Waals surface area (Å²) in [7, 11) is 0. The highest BCUT2D eigenvalue weighted by Crippen LogP contribution is 2.41. The summed E-state index contributed by atoms with van der Waals surface area (Å²) in [6, 6.07) is 0. The predicted molar refractivity (Wildman–Crippen MR) is 78.5 cm³/mol. The van der Waals surface area contributed by atoms with Crippen LogP contribution in [0.25, 0.3) is 10.2 Å². The van der Waals surface area contributed by atoms with Crippen molar-refractivity contribution in [3.63, 3.8) is 0 Å². The summed E-state index contributed by atoms with van der Waals surface area (Å²) in [6.07, 6.45) is 8.65. The van der Waals surface area contributed by atoms with Gasteiger partial charge in [0.15, 0.2) is 5.82 Å². The first kappa shape index (κ1) is 11.6. The standard InChI is InChI=1S/C14H18N4S/c15-18-13-11-9-6-3-7-10(9)19-14(11)17-12(16-13)8-4-1-2-5-8/h8H,1-7,15H2,(H,16,17,18). The van der Waals surface area contributed by atoms with E-state index in [0.29, 0.717) is 5.92 Å². The van der Waals surface area contributed by atoms with Crippen molar-refractivity contribution in [2.45, 2.75) is 50.9 Å². The van der Waals surface area contributed by atoms with Gasteiger partial charge in [-0.25, -0.2) is 15.8 Å². The minimum absolute atomic E-state index is 0.536. The molecule has 0 bridgehead atoms. The van der Waals surface area contributed by atoms with Gasteiger partial charge in [-0.1, -0.05) is 12.8 Å². The third-order valence-corrected chi connectivity index (χ3v) is 5.62. The molecule has 5 heteroatoms. The van der Waals surface area contributed by atoms with Crippen LogP contribution in [0.1, 0.15) is 54.3 Å². The summed E-state index contributed by atoms with van der Waals surface area (Å²) in [4.78, 5) is 12.2. The molecule has 0 aliphatic heterocycles. The molecule has 19 heavy (non-hydrogen) atoms. The highest BCUT2D eigenvalue weighted by Gasteiger charge is 2.25. The smallest absolute Gasteiger partial charge is 0.152 e. The number of thiophene rings is 1. The van der Waals surface area contributed by atoms with Gasteiger partial charge in [0, 0.05) is 10.8 Å². The summed E-state index contributed by atoms with van der Waals surface area (Å²) in [5.41, 5.74) is 4.24. The Hall–Kier alpha value is -1.20. The molecule has 2 aromatic heterocycles. The van der Waals surface area contributed by atoms with Crippen LogP contribution in [0.4, 0.5) is 5.82 Å². The maximum Gasteiger partial charge on any atom is 0.152 e. The van der Waals surface area contributed by atoms with Gasteiger partial charge in [0.1, 0.15) is 10.7 Å². The number of nitrogens with one attached hydrogen (secondary N) is 1. The lowest BCUT2D eigenvalue weighted by Crippen LogP contribution is -2.12. The zero-order valence-corrected chi connectivity index (χ0v) is 11.7. The Morgan fingerprint density at radius 3 is 2.74 bits per heavy atom. The number of nitrogen functional groups attached to an aromatic ring is 1. The lowest BCUT2D eigenvalue weighted by atomic mass is 10.1. The molecule has 0 saturated heterocycles. The van der Waals surface area contributed by atoms with E-state index in [-0.39, 0.29) is 0 Å². The molecule has 2 aliphatic carbocycles. The van der Waals surface area contributed by atoms with Gasteiger partial charge in [0.25, 0.3) is 0 Å². The maximum atomic E-state index is 5.70. The summed E-state index contributed by atoms with van der Waals surface area (Å²) in [6.45, 7) is 0. The van der Waals surface area contributed by atoms with E-state index in [9.17, 15) is 0 Å². The van der Waals surface area contributed by atoms with Crippen molar-refractivity contribution < 1.29 is 0 Å². The third kappa shape index (κ3) is 1.75. The number of hydrogen-bond acceptors (Lipinski definition) is 5. The maximum absolute atomic E-state index is 5.70. The largest absolute Gasteiger partial charge is 0.308 e. The highest BCUT2D eigenvalue weighted by molar-refractivity contribution is 7.19. The molecule has 3 N–H and O–H groups in total. The van der Waals surface area contributed by atoms with Crippen molar-refractivity contribution in [1.82, 2.24) is 9.97 Å². The van der Waals surface area contributed by atoms with Crippen molar-refractivity contribution in [3.8, 4) is 0 Å². The van der Waals surface area contributed by atoms with Crippen molar-refractivity contribution in [2.24, 2.45) is 5.84 Å². The number of fused-ring (bicyclic) bond motifs is 3. The van der Waals surface area contributed by atoms with Crippen molar-refractivity contribution in [1.29, 1.82) is 0 Å². The van der Waals surface area contributed by atoms with Gasteiger partial charge in [0.05, 0.1) is 5.39 Å². The van der Waals surface area contributed by atoms with Crippen molar-refractivity contribution in [2.75, 3.05) is 5.43 Å². The van der Waals surface area contributed by atoms with Crippen LogP contribution in [0.5, 0.6) is 0 Å². The molecule has 0 radical (unpaired) electrons. The molecule has 0 atom stereocenters. The molecule has 4 rings (SSSR count). The normalized spacial score (nSPS) is 19.2. The number of nitrogens with two attached hydrogens (primary N) is 1. The molecule has 0 amide bonds. The monoisotopic (exact) mass is 274 g/mol. The van der Waals surface area contributed by atoms with Crippen LogP contribution in [-0.4, -0.2) is 9.97 Å². The number of hydrogen-bond donors (Lipinski definition) is 2. The first-order chi connectivity index (χ1) is 9.36. The van der Waals surface area contributed by atoms with Gasteiger partial charge >= 0.3 is 0 Å². The first-order valence-electron chi connectivity index (χ1n) is 7.15. The lowest BCUT2D eigenvalue weighted by Gasteiger charge is -2.10. The van der Waals surface area contributed by atoms with Crippen LogP contribution in [0.3, 0.4) is 0 Å². The molecule has 2 heterocycles. The first-order valence-corrected chi connectivity index (χ1v) is 7.97. The van der Waals surface area contributed by atoms with Gasteiger partial charge in [-0.15, -0.1) is 11.3 Å². The van der Waals surface area contributed by atoms with Crippen LogP contribution in [-0.2, 0) is 12.8 Å². The Morgan fingerprint density at radius 1 is 1.11 bits per heavy atom. The second-order valence-electron chi connectivity index (χ2n) is 5.59. The molecule has 1 fully saturated rings. The third-order valence-electron chi connectivity index (χ3n) is 4.44. The number of aromatic nitrogens is 2. The fourth-order valence-electron chi connectivity index (χ4n) is 3.48. The summed E-state index contributed by atoms with van der Waals surface area (Å²) in [5, 5.41) is 1.18. The summed E-state index contributed by atoms with van der Waals surface area (Å²) in [5.74, 6) is 8.07. The molecule has 2 aromatic rings. The Labute approximate surface area is 116 Å². The van der Waals surface area contributed by atoms with Gasteiger partial charge in [-0.2, -0.15) is 0 Å². The van der Waals surface area contributed by atoms with Crippen LogP contribution in [0.2, 0.25) is 0 Å². The van der Waals surface area contributed by atoms with Crippen LogP contribution >= 0.6 is 11.3 Å². The van der Waals surface area contributed by atoms with Crippen LogP contribution in [0.15, 0.2) is 0 Å². The fraction of sp³-hybridized carbons (Fsp3) is 0.571. The molecule has 2 aliphatic rings. The van der Waals surface area contributed by atoms with Crippen LogP contribution in [0, 0.1) is 0 Å². The molecular weight excluding hydrogens is 256 g/mol. The lowest BCUT2D eigenvalue weighted by molar-refractivity contribution is 0.673. The zero-order valence-electron chi connectivity index (χ0n) is 10.9. The van der Waals surface area contributed by atoms with E-state index < -0.39 is 0 Å². The van der Waals surface area contributed by atoms with Crippen LogP contribution < -0.4 is 11.3 Å². The average molecular weight is 274 g/mol. The van der Waals surface area contributed by atoms with E-state index >= 15 is 0 Å². The zero-order chi connectivity index (χ0) is 12.8. The fourth-order valence-corrected chi connectivity index (χ4v) is 4.75. The molecule has 4 nitrogen and oxygen atoms in total. The van der Waals surface area contributed by atoms with Gasteiger partial charge < -0.3 is 5.43 Å². The quantitative estimate of drug-likeness (QED) is 0.652. The molecule has 0 aromatic carbocycles. The van der Waals surface area contributed by atoms with Gasteiger partial charge in [-0.05, 0) is 37.7 Å². The number of anilines is 1. The van der Waals surface area contributed by atoms with Gasteiger partial charge in [-0.3, -0.25) is 0 Å². The minimum Gasteiger partial charge on any atom is -0.308 e. The second kappa shape index (κ2) is 4.42. The Bertz CT molecular complexity index is 628. The minimum atomic E-state index is 0.536. The van der Waals surface area contributed by atoms with E-state index in [1.54, 1.807) is 0 Å². The SMILES string of the molecule is NNc1nc(C2CCCC2)nc2sc3c(c12)CCC3. The second-order valence-corrected chi connectivity index (χ2v) is 6.68. The predicted octanol–water partition coefficient (Wildman–Crippen LogP) is 3.12. The van der Waals surface area contributed by atoms with E-state index in [4.69, 9.17) is 15.8 Å². The Kier molecular flexibility index (Phi) is 2.70. The van der Waals surface area contributed by atoms with Crippen molar-refractivity contribution in [3.05, 3.63) is 16.3 Å². The van der Waals surface area contributed by atoms with E-state index in [1.807, 2.05) is 11.3 Å². The molecule has 0 spiro atoms. The van der Waals surface area contributed by atoms with E-state index in [1.165, 1.54) is 54.4 Å². The molecule has 100 valence electrons. The summed E-state index contributed by atoms with van der Waals surface area (Å²) < 4.78 is 0. The number of aryl methyl sites for hydroxylation is 2. The topological polar surface area (TPSA) is 63.8 Å². The number of hydrazine groups is 1. The number of nitrogens with zero attached hydrogens (tertiary/aromatic N) is 2. The number of rotatable bonds is 2. The molecular formula is C14H18N4S. The van der Waals surface area contributed by atoms with Gasteiger partial charge in [0.2, 0.25) is 0 Å². The Morgan fingerprint density at radius 2 is 1.95 bits per heavy atom. The van der Waals surface area contributed by atoms with E-state index in [0.717, 1.165) is 22.9 Å². The van der Waals surface area contributed by atoms with E-state index in [2.05, 4.69) is 5.43 Å². The molecule has 1 saturated carbocycles. The summed E-state index contributed by atoms with van der Waals surface area (Å²) >= 11 is 1.84.